The second-order valence-electron chi connectivity index (χ2n) is 6.07. The molecule has 0 radical (unpaired) electrons. The summed E-state index contributed by atoms with van der Waals surface area (Å²) in [7, 11) is -4.16. The van der Waals surface area contributed by atoms with Crippen molar-refractivity contribution >= 4 is 21.5 Å². The fraction of sp³-hybridized carbons (Fsp3) is 0.250. The van der Waals surface area contributed by atoms with Gasteiger partial charge in [0, 0.05) is 24.2 Å². The molecule has 0 spiro atoms. The van der Waals surface area contributed by atoms with Crippen molar-refractivity contribution in [3.05, 3.63) is 48.3 Å². The van der Waals surface area contributed by atoms with E-state index in [2.05, 4.69) is 19.5 Å². The lowest BCUT2D eigenvalue weighted by atomic mass is 10.3. The van der Waals surface area contributed by atoms with Gasteiger partial charge in [-0.15, -0.1) is 13.2 Å². The van der Waals surface area contributed by atoms with Crippen LogP contribution >= 0.6 is 0 Å². The number of nitrogens with zero attached hydrogens (tertiary/aromatic N) is 3. The van der Waals surface area contributed by atoms with Gasteiger partial charge in [0.1, 0.15) is 11.6 Å². The molecule has 7 nitrogen and oxygen atoms in total. The summed E-state index contributed by atoms with van der Waals surface area (Å²) in [6.07, 6.45) is -1.44. The molecular weight excluding hydrogens is 385 g/mol. The Morgan fingerprint density at radius 2 is 1.96 bits per heavy atom. The zero-order valence-electron chi connectivity index (χ0n) is 13.6. The van der Waals surface area contributed by atoms with Gasteiger partial charge in [0.05, 0.1) is 10.6 Å². The molecule has 1 aliphatic rings. The van der Waals surface area contributed by atoms with Gasteiger partial charge in [-0.1, -0.05) is 6.07 Å². The summed E-state index contributed by atoms with van der Waals surface area (Å²) >= 11 is 0. The van der Waals surface area contributed by atoms with Crippen LogP contribution in [0.15, 0.2) is 47.5 Å². The average molecular weight is 398 g/mol. The van der Waals surface area contributed by atoms with E-state index in [1.165, 1.54) is 22.8 Å². The number of sulfonamides is 1. The molecule has 2 heterocycles. The van der Waals surface area contributed by atoms with Crippen LogP contribution in [0.2, 0.25) is 0 Å². The summed E-state index contributed by atoms with van der Waals surface area (Å²) in [5.74, 6) is -0.137. The predicted molar refractivity (Wildman–Crippen MR) is 88.9 cm³/mol. The Morgan fingerprint density at radius 3 is 2.67 bits per heavy atom. The van der Waals surface area contributed by atoms with Gasteiger partial charge in [0.2, 0.25) is 0 Å². The number of halogens is 3. The molecule has 0 bridgehead atoms. The van der Waals surface area contributed by atoms with Gasteiger partial charge in [-0.3, -0.25) is 4.72 Å². The summed E-state index contributed by atoms with van der Waals surface area (Å²) in [5.41, 5.74) is 1.31. The average Bonchev–Trinajstić information content (AvgIpc) is 3.33. The van der Waals surface area contributed by atoms with Crippen molar-refractivity contribution in [2.45, 2.75) is 30.0 Å². The Balaban J connectivity index is 1.66. The lowest BCUT2D eigenvalue weighted by Gasteiger charge is -2.12. The number of ether oxygens (including phenoxy) is 1. The number of hydrogen-bond donors (Lipinski definition) is 1. The summed E-state index contributed by atoms with van der Waals surface area (Å²) in [6.45, 7) is 0. The first-order chi connectivity index (χ1) is 12.7. The van der Waals surface area contributed by atoms with E-state index < -0.39 is 22.1 Å². The van der Waals surface area contributed by atoms with Crippen molar-refractivity contribution in [2.24, 2.45) is 0 Å². The van der Waals surface area contributed by atoms with E-state index in [0.29, 0.717) is 11.6 Å². The van der Waals surface area contributed by atoms with Gasteiger partial charge in [-0.25, -0.2) is 13.4 Å². The highest BCUT2D eigenvalue weighted by Gasteiger charge is 2.31. The molecule has 0 amide bonds. The second kappa shape index (κ2) is 6.12. The van der Waals surface area contributed by atoms with Gasteiger partial charge in [0.25, 0.3) is 10.0 Å². The maximum atomic E-state index is 12.6. The smallest absolute Gasteiger partial charge is 0.406 e. The monoisotopic (exact) mass is 398 g/mol. The topological polar surface area (TPSA) is 85.6 Å². The third-order valence-corrected chi connectivity index (χ3v) is 5.31. The number of alkyl halides is 3. The van der Waals surface area contributed by atoms with Crippen LogP contribution in [0, 0.1) is 0 Å². The highest BCUT2D eigenvalue weighted by Crippen LogP contribution is 2.39. The lowest BCUT2D eigenvalue weighted by molar-refractivity contribution is -0.274. The van der Waals surface area contributed by atoms with Gasteiger partial charge in [0.15, 0.2) is 5.65 Å². The van der Waals surface area contributed by atoms with Gasteiger partial charge >= 0.3 is 6.36 Å². The number of anilines is 1. The molecule has 11 heteroatoms. The molecule has 0 saturated heterocycles. The minimum absolute atomic E-state index is 0.133. The molecular formula is C16H13F3N4O3S. The van der Waals surface area contributed by atoms with Gasteiger partial charge in [-0.05, 0) is 31.0 Å². The number of aromatic nitrogens is 3. The molecule has 4 rings (SSSR count). The van der Waals surface area contributed by atoms with E-state index in [0.717, 1.165) is 36.7 Å². The zero-order chi connectivity index (χ0) is 19.2. The van der Waals surface area contributed by atoms with Crippen molar-refractivity contribution in [1.82, 2.24) is 14.6 Å². The Bertz CT molecular complexity index is 1110. The molecule has 1 N–H and O–H groups in total. The normalized spacial score (nSPS) is 15.1. The second-order valence-corrected chi connectivity index (χ2v) is 7.75. The van der Waals surface area contributed by atoms with Crippen LogP contribution in [0.25, 0.3) is 5.65 Å². The number of nitrogens with one attached hydrogen (secondary N) is 1. The van der Waals surface area contributed by atoms with Crippen LogP contribution < -0.4 is 9.46 Å². The maximum absolute atomic E-state index is 12.6. The molecule has 0 atom stereocenters. The molecule has 142 valence electrons. The van der Waals surface area contributed by atoms with Crippen LogP contribution in [0.5, 0.6) is 5.75 Å². The third-order valence-electron chi connectivity index (χ3n) is 3.96. The van der Waals surface area contributed by atoms with Crippen molar-refractivity contribution in [3.8, 4) is 5.75 Å². The lowest BCUT2D eigenvalue weighted by Crippen LogP contribution is -2.18. The van der Waals surface area contributed by atoms with E-state index in [4.69, 9.17) is 0 Å². The molecule has 1 saturated carbocycles. The summed E-state index contributed by atoms with van der Waals surface area (Å²) in [4.78, 5) is 3.78. The van der Waals surface area contributed by atoms with E-state index >= 15 is 0 Å². The van der Waals surface area contributed by atoms with Crippen LogP contribution in [-0.2, 0) is 10.0 Å². The summed E-state index contributed by atoms with van der Waals surface area (Å²) in [6, 6.07) is 7.36. The van der Waals surface area contributed by atoms with E-state index in [1.807, 2.05) is 0 Å². The third kappa shape index (κ3) is 3.82. The number of rotatable bonds is 5. The molecule has 0 aliphatic heterocycles. The number of hydrogen-bond acceptors (Lipinski definition) is 5. The van der Waals surface area contributed by atoms with Gasteiger partial charge < -0.3 is 4.74 Å². The maximum Gasteiger partial charge on any atom is 0.573 e. The largest absolute Gasteiger partial charge is 0.573 e. The van der Waals surface area contributed by atoms with Crippen LogP contribution in [0.1, 0.15) is 24.5 Å². The Morgan fingerprint density at radius 1 is 1.19 bits per heavy atom. The zero-order valence-corrected chi connectivity index (χ0v) is 14.5. The molecule has 1 fully saturated rings. The first-order valence-electron chi connectivity index (χ1n) is 7.95. The highest BCUT2D eigenvalue weighted by molar-refractivity contribution is 7.92. The van der Waals surface area contributed by atoms with E-state index in [9.17, 15) is 21.6 Å². The van der Waals surface area contributed by atoms with Crippen molar-refractivity contribution in [3.63, 3.8) is 0 Å². The molecule has 1 aliphatic carbocycles. The quantitative estimate of drug-likeness (QED) is 0.713. The summed E-state index contributed by atoms with van der Waals surface area (Å²) < 4.78 is 69.8. The highest BCUT2D eigenvalue weighted by atomic mass is 32.2. The Labute approximate surface area is 151 Å². The van der Waals surface area contributed by atoms with Crippen LogP contribution in [-0.4, -0.2) is 29.4 Å². The SMILES string of the molecule is O=S(=O)(Nc1ccnc2cc(C3CC3)nn12)c1cccc(OC(F)(F)F)c1. The standard InChI is InChI=1S/C16H13F3N4O3S/c17-16(18,19)26-11-2-1-3-12(8-11)27(24,25)22-14-6-7-20-15-9-13(10-4-5-10)21-23(14)15/h1-3,6-10,22H,4-5H2. The number of fused-ring (bicyclic) bond motifs is 1. The first kappa shape index (κ1) is 17.6. The van der Waals surface area contributed by atoms with Crippen LogP contribution in [0.3, 0.4) is 0 Å². The Hall–Kier alpha value is -2.82. The minimum Gasteiger partial charge on any atom is -0.406 e. The fourth-order valence-corrected chi connectivity index (χ4v) is 3.68. The fourth-order valence-electron chi connectivity index (χ4n) is 2.60. The van der Waals surface area contributed by atoms with Crippen LogP contribution in [0.4, 0.5) is 19.0 Å². The Kier molecular flexibility index (Phi) is 3.98. The molecule has 1 aromatic carbocycles. The molecule has 3 aromatic rings. The van der Waals surface area contributed by atoms with E-state index in [1.54, 1.807) is 6.07 Å². The van der Waals surface area contributed by atoms with E-state index in [-0.39, 0.29) is 10.7 Å². The summed E-state index contributed by atoms with van der Waals surface area (Å²) in [5, 5.41) is 4.37. The van der Waals surface area contributed by atoms with Crippen molar-refractivity contribution in [2.75, 3.05) is 4.72 Å². The first-order valence-corrected chi connectivity index (χ1v) is 9.43. The van der Waals surface area contributed by atoms with Crippen molar-refractivity contribution in [1.29, 1.82) is 0 Å². The molecule has 27 heavy (non-hydrogen) atoms. The minimum atomic E-state index is -4.92. The van der Waals surface area contributed by atoms with Gasteiger partial charge in [-0.2, -0.15) is 9.61 Å². The number of benzene rings is 1. The van der Waals surface area contributed by atoms with Crippen molar-refractivity contribution < 1.29 is 26.3 Å². The molecule has 2 aromatic heterocycles. The predicted octanol–water partition coefficient (Wildman–Crippen LogP) is 3.31. The molecule has 0 unspecified atom stereocenters.